The molecule has 1 fully saturated rings. The van der Waals surface area contributed by atoms with E-state index < -0.39 is 4.75 Å². The lowest BCUT2D eigenvalue weighted by atomic mass is 9.99. The Morgan fingerprint density at radius 1 is 1.41 bits per heavy atom. The zero-order chi connectivity index (χ0) is 15.3. The summed E-state index contributed by atoms with van der Waals surface area (Å²) in [6, 6.07) is 8.08. The Balaban J connectivity index is 0.00000242. The highest BCUT2D eigenvalue weighted by molar-refractivity contribution is 9.10. The molecule has 1 aromatic carbocycles. The van der Waals surface area contributed by atoms with Gasteiger partial charge in [-0.25, -0.2) is 0 Å². The van der Waals surface area contributed by atoms with E-state index in [1.54, 1.807) is 11.8 Å². The first-order chi connectivity index (χ1) is 9.97. The summed E-state index contributed by atoms with van der Waals surface area (Å²) in [5.41, 5.74) is 0. The standard InChI is InChI=1S/C16H23BrN2OS.ClH/c1-16(2,21-14-7-5-13(17)6-8-14)15(20)19-11-12-4-3-9-18-10-12;/h5-8,12,18H,3-4,9-11H2,1-2H3,(H,19,20);1H. The molecule has 1 unspecified atom stereocenters. The van der Waals surface area contributed by atoms with Gasteiger partial charge in [-0.1, -0.05) is 15.9 Å². The summed E-state index contributed by atoms with van der Waals surface area (Å²) in [7, 11) is 0. The highest BCUT2D eigenvalue weighted by Gasteiger charge is 2.29. The van der Waals surface area contributed by atoms with Crippen LogP contribution in [0.3, 0.4) is 0 Å². The lowest BCUT2D eigenvalue weighted by Crippen LogP contribution is -2.44. The Morgan fingerprint density at radius 3 is 2.68 bits per heavy atom. The van der Waals surface area contributed by atoms with Crippen LogP contribution in [0.4, 0.5) is 0 Å². The Labute approximate surface area is 151 Å². The van der Waals surface area contributed by atoms with Crippen molar-refractivity contribution in [2.45, 2.75) is 36.3 Å². The Kier molecular flexibility index (Phi) is 8.25. The summed E-state index contributed by atoms with van der Waals surface area (Å²) in [6.45, 7) is 6.86. The number of carbonyl (C=O) groups excluding carboxylic acids is 1. The summed E-state index contributed by atoms with van der Waals surface area (Å²) in [5, 5.41) is 6.50. The van der Waals surface area contributed by atoms with Crippen LogP contribution < -0.4 is 10.6 Å². The van der Waals surface area contributed by atoms with Crippen molar-refractivity contribution in [3.05, 3.63) is 28.7 Å². The molecular formula is C16H24BrClN2OS. The van der Waals surface area contributed by atoms with E-state index in [4.69, 9.17) is 0 Å². The minimum Gasteiger partial charge on any atom is -0.355 e. The molecule has 2 N–H and O–H groups in total. The fraction of sp³-hybridized carbons (Fsp3) is 0.562. The van der Waals surface area contributed by atoms with Crippen LogP contribution in [0.15, 0.2) is 33.6 Å². The van der Waals surface area contributed by atoms with Gasteiger partial charge in [0, 0.05) is 15.9 Å². The summed E-state index contributed by atoms with van der Waals surface area (Å²) < 4.78 is 0.592. The van der Waals surface area contributed by atoms with Gasteiger partial charge in [0.25, 0.3) is 0 Å². The molecule has 1 heterocycles. The molecule has 22 heavy (non-hydrogen) atoms. The molecule has 0 radical (unpaired) electrons. The molecule has 0 saturated carbocycles. The second kappa shape index (κ2) is 9.16. The van der Waals surface area contributed by atoms with Gasteiger partial charge in [0.1, 0.15) is 0 Å². The van der Waals surface area contributed by atoms with Gasteiger partial charge in [-0.3, -0.25) is 4.79 Å². The minimum atomic E-state index is -0.462. The van der Waals surface area contributed by atoms with Gasteiger partial charge in [0.05, 0.1) is 4.75 Å². The Bertz CT molecular complexity index is 476. The molecule has 2 rings (SSSR count). The van der Waals surface area contributed by atoms with Crippen LogP contribution in [0.25, 0.3) is 0 Å². The van der Waals surface area contributed by atoms with E-state index >= 15 is 0 Å². The summed E-state index contributed by atoms with van der Waals surface area (Å²) >= 11 is 5.03. The average Bonchev–Trinajstić information content (AvgIpc) is 2.48. The molecule has 1 amide bonds. The predicted molar refractivity (Wildman–Crippen MR) is 99.9 cm³/mol. The number of thioether (sulfide) groups is 1. The zero-order valence-corrected chi connectivity index (χ0v) is 16.2. The van der Waals surface area contributed by atoms with Crippen molar-refractivity contribution in [2.24, 2.45) is 5.92 Å². The second-order valence-electron chi connectivity index (χ2n) is 5.99. The first-order valence-corrected chi connectivity index (χ1v) is 9.02. The lowest BCUT2D eigenvalue weighted by Gasteiger charge is -2.27. The maximum absolute atomic E-state index is 12.4. The van der Waals surface area contributed by atoms with Crippen LogP contribution in [0.5, 0.6) is 0 Å². The quantitative estimate of drug-likeness (QED) is 0.728. The van der Waals surface area contributed by atoms with Crippen molar-refractivity contribution in [3.8, 4) is 0 Å². The van der Waals surface area contributed by atoms with Gasteiger partial charge in [0.15, 0.2) is 0 Å². The van der Waals surface area contributed by atoms with Crippen molar-refractivity contribution in [2.75, 3.05) is 19.6 Å². The van der Waals surface area contributed by atoms with Crippen LogP contribution >= 0.6 is 40.1 Å². The Morgan fingerprint density at radius 2 is 2.09 bits per heavy atom. The molecule has 1 aliphatic heterocycles. The third-order valence-corrected chi connectivity index (χ3v) is 5.42. The van der Waals surface area contributed by atoms with Crippen LogP contribution in [-0.2, 0) is 4.79 Å². The molecule has 0 aliphatic carbocycles. The second-order valence-corrected chi connectivity index (χ2v) is 8.60. The monoisotopic (exact) mass is 406 g/mol. The van der Waals surface area contributed by atoms with E-state index in [0.717, 1.165) is 29.0 Å². The number of hydrogen-bond acceptors (Lipinski definition) is 3. The zero-order valence-electron chi connectivity index (χ0n) is 13.0. The van der Waals surface area contributed by atoms with Crippen molar-refractivity contribution >= 4 is 46.0 Å². The number of amides is 1. The molecule has 1 saturated heterocycles. The van der Waals surface area contributed by atoms with E-state index in [1.807, 2.05) is 38.1 Å². The third kappa shape index (κ3) is 6.11. The first-order valence-electron chi connectivity index (χ1n) is 7.41. The van der Waals surface area contributed by atoms with Gasteiger partial charge in [-0.15, -0.1) is 24.2 Å². The number of carbonyl (C=O) groups is 1. The van der Waals surface area contributed by atoms with Crippen LogP contribution in [0.1, 0.15) is 26.7 Å². The highest BCUT2D eigenvalue weighted by atomic mass is 79.9. The van der Waals surface area contributed by atoms with Crippen molar-refractivity contribution in [3.63, 3.8) is 0 Å². The van der Waals surface area contributed by atoms with Crippen molar-refractivity contribution in [1.29, 1.82) is 0 Å². The van der Waals surface area contributed by atoms with E-state index in [2.05, 4.69) is 26.6 Å². The smallest absolute Gasteiger partial charge is 0.236 e. The normalized spacial score (nSPS) is 18.4. The molecule has 6 heteroatoms. The lowest BCUT2D eigenvalue weighted by molar-refractivity contribution is -0.122. The van der Waals surface area contributed by atoms with E-state index in [0.29, 0.717) is 5.92 Å². The van der Waals surface area contributed by atoms with Gasteiger partial charge in [-0.2, -0.15) is 0 Å². The SMILES string of the molecule is CC(C)(Sc1ccc(Br)cc1)C(=O)NCC1CCCNC1.Cl. The van der Waals surface area contributed by atoms with Crippen molar-refractivity contribution < 1.29 is 4.79 Å². The fourth-order valence-corrected chi connectivity index (χ4v) is 3.68. The Hall–Kier alpha value is -0.230. The van der Waals surface area contributed by atoms with Crippen molar-refractivity contribution in [1.82, 2.24) is 10.6 Å². The molecule has 0 bridgehead atoms. The molecule has 3 nitrogen and oxygen atoms in total. The molecule has 1 aliphatic rings. The van der Waals surface area contributed by atoms with E-state index in [1.165, 1.54) is 12.8 Å². The van der Waals surface area contributed by atoms with Crippen LogP contribution in [0, 0.1) is 5.92 Å². The molecule has 1 aromatic rings. The predicted octanol–water partition coefficient (Wildman–Crippen LogP) is 3.86. The van der Waals surface area contributed by atoms with Gasteiger partial charge in [0.2, 0.25) is 5.91 Å². The van der Waals surface area contributed by atoms with E-state index in [9.17, 15) is 4.79 Å². The van der Waals surface area contributed by atoms with Gasteiger partial charge < -0.3 is 10.6 Å². The molecule has 1 atom stereocenters. The average molecular weight is 408 g/mol. The van der Waals surface area contributed by atoms with Crippen LogP contribution in [-0.4, -0.2) is 30.3 Å². The molecule has 124 valence electrons. The topological polar surface area (TPSA) is 41.1 Å². The number of piperidine rings is 1. The maximum Gasteiger partial charge on any atom is 0.236 e. The fourth-order valence-electron chi connectivity index (χ4n) is 2.39. The number of rotatable bonds is 5. The maximum atomic E-state index is 12.4. The van der Waals surface area contributed by atoms with E-state index in [-0.39, 0.29) is 18.3 Å². The van der Waals surface area contributed by atoms with Crippen LogP contribution in [0.2, 0.25) is 0 Å². The largest absolute Gasteiger partial charge is 0.355 e. The molecule has 0 aromatic heterocycles. The number of benzene rings is 1. The minimum absolute atomic E-state index is 0. The number of halogens is 2. The third-order valence-electron chi connectivity index (χ3n) is 3.68. The summed E-state index contributed by atoms with van der Waals surface area (Å²) in [6.07, 6.45) is 2.41. The number of hydrogen-bond donors (Lipinski definition) is 2. The molecule has 0 spiro atoms. The summed E-state index contributed by atoms with van der Waals surface area (Å²) in [5.74, 6) is 0.678. The van der Waals surface area contributed by atoms with Gasteiger partial charge in [-0.05, 0) is 70.0 Å². The number of nitrogens with one attached hydrogen (secondary N) is 2. The molecular weight excluding hydrogens is 384 g/mol. The van der Waals surface area contributed by atoms with Gasteiger partial charge >= 0.3 is 0 Å². The highest BCUT2D eigenvalue weighted by Crippen LogP contribution is 2.33. The summed E-state index contributed by atoms with van der Waals surface area (Å²) in [4.78, 5) is 13.5. The first kappa shape index (κ1) is 19.8.